The molecular weight excluding hydrogens is 605 g/mol. The topological polar surface area (TPSA) is 114 Å². The fourth-order valence-corrected chi connectivity index (χ4v) is 4.83. The van der Waals surface area contributed by atoms with E-state index < -0.39 is 12.2 Å². The van der Waals surface area contributed by atoms with Crippen molar-refractivity contribution < 1.29 is 19.4 Å². The van der Waals surface area contributed by atoms with Crippen LogP contribution in [0, 0.1) is 9.49 Å². The molecule has 0 spiro atoms. The predicted octanol–water partition coefficient (Wildman–Crippen LogP) is 7.63. The molecule has 0 aliphatic rings. The summed E-state index contributed by atoms with van der Waals surface area (Å²) < 4.78 is 6.84. The van der Waals surface area contributed by atoms with Gasteiger partial charge in [0.25, 0.3) is 0 Å². The van der Waals surface area contributed by atoms with Gasteiger partial charge in [-0.15, -0.1) is 0 Å². The summed E-state index contributed by atoms with van der Waals surface area (Å²) in [7, 11) is 0. The highest BCUT2D eigenvalue weighted by atomic mass is 127. The lowest BCUT2D eigenvalue weighted by molar-refractivity contribution is -0.111. The monoisotopic (exact) mass is 635 g/mol. The number of aromatic hydroxyl groups is 1. The molecule has 0 bridgehead atoms. The average molecular weight is 636 g/mol. The zero-order chi connectivity index (χ0) is 27.8. The Morgan fingerprint density at radius 3 is 2.51 bits per heavy atom. The maximum absolute atomic E-state index is 13.1. The lowest BCUT2D eigenvalue weighted by Crippen LogP contribution is -2.22. The molecule has 5 N–H and O–H groups in total. The van der Waals surface area contributed by atoms with Crippen molar-refractivity contribution in [2.45, 2.75) is 25.9 Å². The summed E-state index contributed by atoms with van der Waals surface area (Å²) in [6.45, 7) is 1.95. The molecule has 0 aliphatic heterocycles. The number of phenols is 1. The zero-order valence-electron chi connectivity index (χ0n) is 21.4. The molecule has 8 heteroatoms. The van der Waals surface area contributed by atoms with Gasteiger partial charge in [0.15, 0.2) is 0 Å². The summed E-state index contributed by atoms with van der Waals surface area (Å²) in [5, 5.41) is 18.1. The first kappa shape index (κ1) is 28.0. The van der Waals surface area contributed by atoms with Crippen LogP contribution in [0.4, 0.5) is 21.9 Å². The van der Waals surface area contributed by atoms with Gasteiger partial charge in [-0.3, -0.25) is 10.1 Å². The molecule has 0 unspecified atom stereocenters. The van der Waals surface area contributed by atoms with Gasteiger partial charge in [-0.1, -0.05) is 61.5 Å². The number of halogens is 1. The van der Waals surface area contributed by atoms with Gasteiger partial charge in [0.1, 0.15) is 11.9 Å². The molecule has 0 fully saturated rings. The number of nitrogens with one attached hydrogen (secondary N) is 2. The van der Waals surface area contributed by atoms with Crippen LogP contribution < -0.4 is 16.4 Å². The number of hydrogen-bond acceptors (Lipinski definition) is 5. The molecule has 0 heterocycles. The number of nitrogens with two attached hydrogens (primary N) is 1. The highest BCUT2D eigenvalue weighted by Gasteiger charge is 2.26. The van der Waals surface area contributed by atoms with Gasteiger partial charge in [-0.25, -0.2) is 4.79 Å². The number of carbonyl (C=O) groups excluding carboxylic acids is 2. The van der Waals surface area contributed by atoms with E-state index >= 15 is 0 Å². The van der Waals surface area contributed by atoms with Crippen molar-refractivity contribution in [2.24, 2.45) is 5.92 Å². The number of ether oxygens (including phenoxy) is 1. The van der Waals surface area contributed by atoms with Crippen molar-refractivity contribution >= 4 is 62.4 Å². The lowest BCUT2D eigenvalue weighted by atomic mass is 9.92. The highest BCUT2D eigenvalue weighted by molar-refractivity contribution is 14.1. The molecule has 4 rings (SSSR count). The molecule has 2 amide bonds. The average Bonchev–Trinajstić information content (AvgIpc) is 2.92. The molecule has 4 aromatic rings. The van der Waals surface area contributed by atoms with E-state index in [2.05, 4.69) is 33.2 Å². The Labute approximate surface area is 241 Å². The van der Waals surface area contributed by atoms with E-state index in [0.29, 0.717) is 35.5 Å². The minimum atomic E-state index is -0.707. The van der Waals surface area contributed by atoms with E-state index in [-0.39, 0.29) is 17.6 Å². The Hall–Kier alpha value is -4.05. The Morgan fingerprint density at radius 1 is 0.974 bits per heavy atom. The molecule has 200 valence electrons. The number of anilines is 3. The van der Waals surface area contributed by atoms with Gasteiger partial charge >= 0.3 is 6.09 Å². The smallest absolute Gasteiger partial charge is 0.412 e. The Balaban J connectivity index is 1.44. The number of amides is 2. The molecule has 0 aliphatic carbocycles. The number of para-hydroxylation sites is 2. The third kappa shape index (κ3) is 7.51. The predicted molar refractivity (Wildman–Crippen MR) is 165 cm³/mol. The quantitative estimate of drug-likeness (QED) is 0.0858. The summed E-state index contributed by atoms with van der Waals surface area (Å²) in [4.78, 5) is 25.4. The Bertz CT molecular complexity index is 1500. The molecule has 7 nitrogen and oxygen atoms in total. The van der Waals surface area contributed by atoms with E-state index in [1.807, 2.05) is 55.5 Å². The van der Waals surface area contributed by atoms with Crippen molar-refractivity contribution in [2.75, 3.05) is 16.4 Å². The van der Waals surface area contributed by atoms with Gasteiger partial charge in [0.05, 0.1) is 17.1 Å². The first-order valence-electron chi connectivity index (χ1n) is 12.6. The minimum Gasteiger partial charge on any atom is -0.508 e. The number of nitrogen functional groups attached to an aromatic ring is 1. The molecule has 0 saturated carbocycles. The molecule has 0 radical (unpaired) electrons. The van der Waals surface area contributed by atoms with Crippen LogP contribution in [0.2, 0.25) is 0 Å². The molecule has 0 aromatic heterocycles. The Morgan fingerprint density at radius 2 is 1.69 bits per heavy atom. The van der Waals surface area contributed by atoms with Crippen molar-refractivity contribution in [3.63, 3.8) is 0 Å². The van der Waals surface area contributed by atoms with E-state index in [0.717, 1.165) is 14.3 Å². The second-order valence-corrected chi connectivity index (χ2v) is 10.5. The number of rotatable bonds is 9. The second-order valence-electron chi connectivity index (χ2n) is 9.21. The SMILES string of the molecule is C[C@@H](CC/C=C/C(=O)Nc1ccccc1N)[C@H](OC(=O)Nc1cccc2ccccc12)c1cc(I)ccc1O. The second kappa shape index (κ2) is 13.1. The third-order valence-corrected chi connectivity index (χ3v) is 7.02. The van der Waals surface area contributed by atoms with Crippen LogP contribution in [0.1, 0.15) is 31.4 Å². The number of phenolic OH excluding ortho intramolecular Hbond substituents is 1. The van der Waals surface area contributed by atoms with Gasteiger partial charge in [-0.2, -0.15) is 0 Å². The molecular formula is C31H30IN3O4. The van der Waals surface area contributed by atoms with E-state index in [1.54, 1.807) is 42.5 Å². The normalized spacial score (nSPS) is 12.7. The maximum atomic E-state index is 13.1. The van der Waals surface area contributed by atoms with E-state index in [1.165, 1.54) is 6.08 Å². The summed E-state index contributed by atoms with van der Waals surface area (Å²) >= 11 is 2.16. The maximum Gasteiger partial charge on any atom is 0.412 e. The van der Waals surface area contributed by atoms with E-state index in [9.17, 15) is 14.7 Å². The van der Waals surface area contributed by atoms with Crippen molar-refractivity contribution in [3.05, 3.63) is 106 Å². The van der Waals surface area contributed by atoms with Gasteiger partial charge in [-0.05, 0) is 89.2 Å². The van der Waals surface area contributed by atoms with Gasteiger partial charge < -0.3 is 20.9 Å². The van der Waals surface area contributed by atoms with Crippen molar-refractivity contribution in [1.82, 2.24) is 0 Å². The summed E-state index contributed by atoms with van der Waals surface area (Å²) in [6.07, 6.45) is 3.08. The molecule has 4 aromatic carbocycles. The third-order valence-electron chi connectivity index (χ3n) is 6.35. The van der Waals surface area contributed by atoms with Crippen LogP contribution >= 0.6 is 22.6 Å². The van der Waals surface area contributed by atoms with Gasteiger partial charge in [0.2, 0.25) is 5.91 Å². The zero-order valence-corrected chi connectivity index (χ0v) is 23.6. The van der Waals surface area contributed by atoms with E-state index in [4.69, 9.17) is 10.5 Å². The standard InChI is InChI=1S/C31H30IN3O4/c1-20(9-2-7-16-29(37)34-27-14-6-5-13-25(27)33)30(24-19-22(32)17-18-28(24)36)39-31(38)35-26-15-8-11-21-10-3-4-12-23(21)26/h3-8,10-20,30,36H,2,9,33H2,1H3,(H,34,37)(H,35,38)/b16-7+/t20-,30-/m0/s1. The van der Waals surface area contributed by atoms with Crippen LogP contribution in [0.15, 0.2) is 97.1 Å². The van der Waals surface area contributed by atoms with Crippen LogP contribution in [-0.4, -0.2) is 17.1 Å². The van der Waals surface area contributed by atoms with Crippen molar-refractivity contribution in [3.8, 4) is 5.75 Å². The molecule has 0 saturated heterocycles. The number of hydrogen-bond donors (Lipinski definition) is 4. The summed E-state index contributed by atoms with van der Waals surface area (Å²) in [5.74, 6) is -0.386. The fourth-order valence-electron chi connectivity index (χ4n) is 4.31. The van der Waals surface area contributed by atoms with Crippen molar-refractivity contribution in [1.29, 1.82) is 0 Å². The molecule has 39 heavy (non-hydrogen) atoms. The van der Waals surface area contributed by atoms with Crippen LogP contribution in [0.25, 0.3) is 10.8 Å². The number of fused-ring (bicyclic) bond motifs is 1. The number of benzene rings is 4. The van der Waals surface area contributed by atoms with Crippen LogP contribution in [-0.2, 0) is 9.53 Å². The van der Waals surface area contributed by atoms with Crippen LogP contribution in [0.5, 0.6) is 5.75 Å². The van der Waals surface area contributed by atoms with Gasteiger partial charge in [0, 0.05) is 14.5 Å². The van der Waals surface area contributed by atoms with Crippen LogP contribution in [0.3, 0.4) is 0 Å². The molecule has 2 atom stereocenters. The largest absolute Gasteiger partial charge is 0.508 e. The first-order chi connectivity index (χ1) is 18.8. The minimum absolute atomic E-state index is 0.0561. The lowest BCUT2D eigenvalue weighted by Gasteiger charge is -2.25. The number of allylic oxidation sites excluding steroid dienone is 1. The number of carbonyl (C=O) groups is 2. The Kier molecular flexibility index (Phi) is 9.43. The fraction of sp³-hybridized carbons (Fsp3) is 0.161. The summed E-state index contributed by atoms with van der Waals surface area (Å²) in [6, 6.07) is 25.7. The highest BCUT2D eigenvalue weighted by Crippen LogP contribution is 2.36. The first-order valence-corrected chi connectivity index (χ1v) is 13.7. The summed E-state index contributed by atoms with van der Waals surface area (Å²) in [5.41, 5.74) is 8.11.